The summed E-state index contributed by atoms with van der Waals surface area (Å²) >= 11 is -0.978. The van der Waals surface area contributed by atoms with Gasteiger partial charge in [0.25, 0.3) is 0 Å². The second kappa shape index (κ2) is 4.06. The van der Waals surface area contributed by atoms with Gasteiger partial charge in [-0.15, -0.1) is 0 Å². The van der Waals surface area contributed by atoms with E-state index in [-0.39, 0.29) is 0 Å². The van der Waals surface area contributed by atoms with Gasteiger partial charge in [0.15, 0.2) is 4.90 Å². The predicted octanol–water partition coefficient (Wildman–Crippen LogP) is 3.73. The van der Waals surface area contributed by atoms with Gasteiger partial charge in [-0.05, 0) is 40.1 Å². The van der Waals surface area contributed by atoms with Crippen LogP contribution in [0.5, 0.6) is 0 Å². The Morgan fingerprint density at radius 1 is 0.824 bits per heavy atom. The van der Waals surface area contributed by atoms with Crippen molar-refractivity contribution in [2.45, 2.75) is 4.90 Å². The molecule has 17 heavy (non-hydrogen) atoms. The molecule has 0 heterocycles. The second-order valence-corrected chi connectivity index (χ2v) is 5.42. The Bertz CT molecular complexity index is 635. The highest BCUT2D eigenvalue weighted by atomic mass is 32.2. The van der Waals surface area contributed by atoms with E-state index in [0.717, 1.165) is 26.4 Å². The quantitative estimate of drug-likeness (QED) is 0.469. The topological polar surface area (TPSA) is 23.1 Å². The molecule has 0 saturated carbocycles. The summed E-state index contributed by atoms with van der Waals surface area (Å²) in [5.74, 6) is 0. The van der Waals surface area contributed by atoms with Crippen molar-refractivity contribution >= 4 is 32.7 Å². The van der Waals surface area contributed by atoms with Gasteiger partial charge >= 0.3 is 0 Å². The molecule has 1 atom stereocenters. The van der Waals surface area contributed by atoms with Crippen LogP contribution in [-0.4, -0.2) is 10.8 Å². The van der Waals surface area contributed by atoms with Crippen molar-refractivity contribution in [2.75, 3.05) is 6.26 Å². The lowest BCUT2D eigenvalue weighted by molar-refractivity contribution is 0.602. The first kappa shape index (κ1) is 10.6. The molecule has 0 spiro atoms. The van der Waals surface area contributed by atoms with Crippen molar-refractivity contribution in [1.82, 2.24) is 0 Å². The van der Waals surface area contributed by atoms with Gasteiger partial charge < -0.3 is 4.55 Å². The van der Waals surface area contributed by atoms with Crippen LogP contribution in [0.15, 0.2) is 59.5 Å². The highest BCUT2D eigenvalue weighted by Crippen LogP contribution is 2.31. The summed E-state index contributed by atoms with van der Waals surface area (Å²) in [4.78, 5) is 0.943. The molecule has 0 N–H and O–H groups in total. The summed E-state index contributed by atoms with van der Waals surface area (Å²) in [6.07, 6.45) is 1.74. The largest absolute Gasteiger partial charge is 0.612 e. The van der Waals surface area contributed by atoms with Crippen molar-refractivity contribution < 1.29 is 4.55 Å². The molecule has 0 bridgehead atoms. The highest BCUT2D eigenvalue weighted by molar-refractivity contribution is 7.91. The van der Waals surface area contributed by atoms with Gasteiger partial charge in [-0.1, -0.05) is 36.4 Å². The summed E-state index contributed by atoms with van der Waals surface area (Å²) in [6, 6.07) is 18.4. The average molecular weight is 240 g/mol. The number of fused-ring (bicyclic) bond motifs is 2. The maximum Gasteiger partial charge on any atom is 0.168 e. The Hall–Kier alpha value is -1.51. The normalized spacial score (nSPS) is 13.1. The van der Waals surface area contributed by atoms with Gasteiger partial charge in [0, 0.05) is 10.8 Å². The Labute approximate surface area is 103 Å². The minimum atomic E-state index is -0.978. The molecule has 3 aromatic carbocycles. The highest BCUT2D eigenvalue weighted by Gasteiger charge is 2.14. The number of hydrogen-bond acceptors (Lipinski definition) is 1. The fourth-order valence-electron chi connectivity index (χ4n) is 2.28. The molecular formula is C15H12OS. The third-order valence-corrected chi connectivity index (χ3v) is 4.02. The van der Waals surface area contributed by atoms with Gasteiger partial charge in [0.2, 0.25) is 0 Å². The van der Waals surface area contributed by atoms with E-state index in [1.54, 1.807) is 6.26 Å². The zero-order valence-corrected chi connectivity index (χ0v) is 10.3. The monoisotopic (exact) mass is 240 g/mol. The minimum absolute atomic E-state index is 0.943. The fourth-order valence-corrected chi connectivity index (χ4v) is 3.27. The zero-order chi connectivity index (χ0) is 11.8. The van der Waals surface area contributed by atoms with Crippen LogP contribution in [0.3, 0.4) is 0 Å². The van der Waals surface area contributed by atoms with Gasteiger partial charge in [0.05, 0.1) is 0 Å². The number of rotatable bonds is 1. The van der Waals surface area contributed by atoms with Gasteiger partial charge in [-0.25, -0.2) is 0 Å². The molecule has 0 fully saturated rings. The second-order valence-electron chi connectivity index (χ2n) is 4.10. The standard InChI is InChI=1S/C15H12OS/c1-17(16)15-13-8-4-2-6-11(13)10-12-7-3-5-9-14(12)15/h2-10H,1H3. The molecular weight excluding hydrogens is 228 g/mol. The Balaban J connectivity index is 2.56. The summed E-state index contributed by atoms with van der Waals surface area (Å²) < 4.78 is 12.0. The summed E-state index contributed by atoms with van der Waals surface area (Å²) in [7, 11) is 0. The Kier molecular flexibility index (Phi) is 2.54. The van der Waals surface area contributed by atoms with E-state index >= 15 is 0 Å². The molecule has 0 aliphatic carbocycles. The van der Waals surface area contributed by atoms with Gasteiger partial charge in [-0.2, -0.15) is 0 Å². The van der Waals surface area contributed by atoms with E-state index in [9.17, 15) is 4.55 Å². The molecule has 0 radical (unpaired) electrons. The van der Waals surface area contributed by atoms with Crippen LogP contribution in [0.2, 0.25) is 0 Å². The lowest BCUT2D eigenvalue weighted by atomic mass is 10.0. The molecule has 0 saturated heterocycles. The predicted molar refractivity (Wildman–Crippen MR) is 73.8 cm³/mol. The first-order chi connectivity index (χ1) is 8.27. The first-order valence-electron chi connectivity index (χ1n) is 5.51. The van der Waals surface area contributed by atoms with Crippen LogP contribution >= 0.6 is 0 Å². The average Bonchev–Trinajstić information content (AvgIpc) is 2.35. The molecule has 2 heteroatoms. The molecule has 0 aliphatic heterocycles. The van der Waals surface area contributed by atoms with Crippen LogP contribution in [-0.2, 0) is 11.2 Å². The third-order valence-electron chi connectivity index (χ3n) is 3.01. The van der Waals surface area contributed by atoms with Crippen molar-refractivity contribution in [3.8, 4) is 0 Å². The molecule has 0 aromatic heterocycles. The first-order valence-corrected chi connectivity index (χ1v) is 7.07. The molecule has 0 aliphatic rings. The minimum Gasteiger partial charge on any atom is -0.612 e. The van der Waals surface area contributed by atoms with E-state index in [4.69, 9.17) is 0 Å². The molecule has 3 rings (SSSR count). The maximum atomic E-state index is 12.0. The van der Waals surface area contributed by atoms with E-state index < -0.39 is 11.2 Å². The van der Waals surface area contributed by atoms with Crippen molar-refractivity contribution in [1.29, 1.82) is 0 Å². The SMILES string of the molecule is C[S+]([O-])c1c2ccccc2cc2ccccc12. The van der Waals surface area contributed by atoms with Crippen LogP contribution in [0.4, 0.5) is 0 Å². The fraction of sp³-hybridized carbons (Fsp3) is 0.0667. The lowest BCUT2D eigenvalue weighted by Gasteiger charge is -2.11. The zero-order valence-electron chi connectivity index (χ0n) is 9.51. The lowest BCUT2D eigenvalue weighted by Crippen LogP contribution is -1.99. The summed E-state index contributed by atoms with van der Waals surface area (Å²) in [6.45, 7) is 0. The molecule has 1 unspecified atom stereocenters. The van der Waals surface area contributed by atoms with E-state index in [1.165, 1.54) is 0 Å². The number of hydrogen-bond donors (Lipinski definition) is 0. The van der Waals surface area contributed by atoms with Gasteiger partial charge in [-0.3, -0.25) is 0 Å². The van der Waals surface area contributed by atoms with Crippen LogP contribution in [0.1, 0.15) is 0 Å². The molecule has 84 valence electrons. The smallest absolute Gasteiger partial charge is 0.168 e. The molecule has 1 nitrogen and oxygen atoms in total. The summed E-state index contributed by atoms with van der Waals surface area (Å²) in [5.41, 5.74) is 0. The van der Waals surface area contributed by atoms with Gasteiger partial charge in [0.1, 0.15) is 6.26 Å². The van der Waals surface area contributed by atoms with Crippen LogP contribution < -0.4 is 0 Å². The van der Waals surface area contributed by atoms with Crippen molar-refractivity contribution in [3.63, 3.8) is 0 Å². The van der Waals surface area contributed by atoms with Crippen molar-refractivity contribution in [2.24, 2.45) is 0 Å². The Morgan fingerprint density at radius 2 is 1.29 bits per heavy atom. The Morgan fingerprint density at radius 3 is 1.76 bits per heavy atom. The third kappa shape index (κ3) is 1.70. The molecule has 3 aromatic rings. The number of benzene rings is 3. The maximum absolute atomic E-state index is 12.0. The van der Waals surface area contributed by atoms with Crippen LogP contribution in [0, 0.1) is 0 Å². The van der Waals surface area contributed by atoms with E-state index in [2.05, 4.69) is 18.2 Å². The van der Waals surface area contributed by atoms with Crippen molar-refractivity contribution in [3.05, 3.63) is 54.6 Å². The summed E-state index contributed by atoms with van der Waals surface area (Å²) in [5, 5.41) is 4.48. The van der Waals surface area contributed by atoms with Crippen LogP contribution in [0.25, 0.3) is 21.5 Å². The molecule has 0 amide bonds. The van der Waals surface area contributed by atoms with E-state index in [1.807, 2.05) is 36.4 Å². The van der Waals surface area contributed by atoms with E-state index in [0.29, 0.717) is 0 Å².